The Bertz CT molecular complexity index is 1480. The maximum atomic E-state index is 12.7. The van der Waals surface area contributed by atoms with Gasteiger partial charge in [0.2, 0.25) is 5.91 Å². The molecule has 0 atom stereocenters. The van der Waals surface area contributed by atoms with Crippen molar-refractivity contribution in [2.24, 2.45) is 0 Å². The Labute approximate surface area is 231 Å². The summed E-state index contributed by atoms with van der Waals surface area (Å²) in [6.45, 7) is 5.06. The Morgan fingerprint density at radius 1 is 0.925 bits per heavy atom. The van der Waals surface area contributed by atoms with Crippen LogP contribution in [0.3, 0.4) is 0 Å². The van der Waals surface area contributed by atoms with Crippen molar-refractivity contribution in [3.63, 3.8) is 0 Å². The van der Waals surface area contributed by atoms with Crippen LogP contribution in [-0.4, -0.2) is 40.9 Å². The van der Waals surface area contributed by atoms with Crippen LogP contribution in [0.15, 0.2) is 48.5 Å². The van der Waals surface area contributed by atoms with Crippen LogP contribution in [0.25, 0.3) is 6.08 Å². The molecule has 3 aromatic rings. The van der Waals surface area contributed by atoms with Gasteiger partial charge < -0.3 is 19.5 Å². The second kappa shape index (κ2) is 13.1. The number of anilines is 1. The minimum Gasteiger partial charge on any atom is -0.462 e. The summed E-state index contributed by atoms with van der Waals surface area (Å²) < 4.78 is 15.7. The van der Waals surface area contributed by atoms with Crippen molar-refractivity contribution < 1.29 is 38.4 Å². The molecule has 13 nitrogen and oxygen atoms in total. The topological polar surface area (TPSA) is 177 Å². The number of non-ortho nitro benzene ring substituents is 2. The van der Waals surface area contributed by atoms with E-state index in [0.29, 0.717) is 11.1 Å². The Morgan fingerprint density at radius 3 is 2.15 bits per heavy atom. The number of amides is 1. The van der Waals surface area contributed by atoms with Crippen molar-refractivity contribution in [3.05, 3.63) is 90.3 Å². The van der Waals surface area contributed by atoms with Crippen molar-refractivity contribution in [3.8, 4) is 11.5 Å². The highest BCUT2D eigenvalue weighted by atomic mass is 32.1. The summed E-state index contributed by atoms with van der Waals surface area (Å²) in [7, 11) is 0. The number of benzene rings is 2. The fraction of sp³-hybridized carbons (Fsp3) is 0.192. The number of thiophene rings is 1. The first-order chi connectivity index (χ1) is 19.0. The average Bonchev–Trinajstić information content (AvgIpc) is 3.23. The number of nitrogens with one attached hydrogen (secondary N) is 1. The van der Waals surface area contributed by atoms with Crippen LogP contribution >= 0.6 is 11.3 Å². The molecule has 1 aromatic heterocycles. The van der Waals surface area contributed by atoms with E-state index >= 15 is 0 Å². The normalized spacial score (nSPS) is 10.7. The molecule has 0 aliphatic rings. The first-order valence-electron chi connectivity index (χ1n) is 11.7. The number of ether oxygens (including phenoxy) is 3. The maximum Gasteiger partial charge on any atom is 0.348 e. The van der Waals surface area contributed by atoms with E-state index in [1.54, 1.807) is 32.9 Å². The molecule has 0 spiro atoms. The van der Waals surface area contributed by atoms with Gasteiger partial charge in [0, 0.05) is 6.08 Å². The third-order valence-electron chi connectivity index (χ3n) is 5.14. The highest BCUT2D eigenvalue weighted by Gasteiger charge is 2.27. The molecule has 0 saturated carbocycles. The summed E-state index contributed by atoms with van der Waals surface area (Å²) in [5.74, 6) is -1.84. The van der Waals surface area contributed by atoms with E-state index in [1.807, 2.05) is 0 Å². The van der Waals surface area contributed by atoms with Crippen LogP contribution in [-0.2, 0) is 14.3 Å². The summed E-state index contributed by atoms with van der Waals surface area (Å²) in [5.41, 5.74) is -0.138. The first kappa shape index (κ1) is 29.4. The lowest BCUT2D eigenvalue weighted by Crippen LogP contribution is -2.13. The number of nitrogens with zero attached hydrogens (tertiary/aromatic N) is 2. The molecule has 3 rings (SSSR count). The predicted octanol–water partition coefficient (Wildman–Crippen LogP) is 5.67. The lowest BCUT2D eigenvalue weighted by atomic mass is 10.1. The molecule has 1 N–H and O–H groups in total. The second-order valence-corrected chi connectivity index (χ2v) is 8.92. The standard InChI is InChI=1S/C26H23N3O10S/c1-4-37-25(31)22-15(3)23(26(32)38-5-2)40-24(22)27-21(30)10-9-16-7-6-8-19(11-16)39-20-13-17(28(33)34)12-18(14-20)29(35)36/h6-14H,4-5H2,1-3H3,(H,27,30)/b10-9-. The highest BCUT2D eigenvalue weighted by Crippen LogP contribution is 2.35. The minimum atomic E-state index is -0.768. The van der Waals surface area contributed by atoms with Crippen molar-refractivity contribution in [1.82, 2.24) is 0 Å². The zero-order valence-electron chi connectivity index (χ0n) is 21.5. The van der Waals surface area contributed by atoms with Gasteiger partial charge in [-0.1, -0.05) is 12.1 Å². The third-order valence-corrected chi connectivity index (χ3v) is 6.33. The number of hydrogen-bond acceptors (Lipinski definition) is 11. The van der Waals surface area contributed by atoms with E-state index in [9.17, 15) is 34.6 Å². The predicted molar refractivity (Wildman–Crippen MR) is 145 cm³/mol. The number of hydrogen-bond donors (Lipinski definition) is 1. The monoisotopic (exact) mass is 569 g/mol. The molecule has 0 unspecified atom stereocenters. The lowest BCUT2D eigenvalue weighted by molar-refractivity contribution is -0.394. The fourth-order valence-electron chi connectivity index (χ4n) is 3.42. The van der Waals surface area contributed by atoms with Gasteiger partial charge in [0.25, 0.3) is 11.4 Å². The van der Waals surface area contributed by atoms with E-state index in [-0.39, 0.29) is 40.2 Å². The second-order valence-electron chi connectivity index (χ2n) is 7.90. The van der Waals surface area contributed by atoms with Crippen LogP contribution in [0.5, 0.6) is 11.5 Å². The van der Waals surface area contributed by atoms with Crippen LogP contribution in [0.4, 0.5) is 16.4 Å². The number of carbonyl (C=O) groups excluding carboxylic acids is 3. The van der Waals surface area contributed by atoms with Gasteiger partial charge in [-0.05, 0) is 50.1 Å². The highest BCUT2D eigenvalue weighted by molar-refractivity contribution is 7.18. The molecule has 0 aliphatic carbocycles. The zero-order valence-corrected chi connectivity index (χ0v) is 22.3. The molecule has 0 aliphatic heterocycles. The molecule has 40 heavy (non-hydrogen) atoms. The van der Waals surface area contributed by atoms with Crippen LogP contribution in [0.1, 0.15) is 45.0 Å². The van der Waals surface area contributed by atoms with E-state index in [4.69, 9.17) is 14.2 Å². The van der Waals surface area contributed by atoms with Crippen molar-refractivity contribution in [2.75, 3.05) is 18.5 Å². The molecule has 0 bridgehead atoms. The SMILES string of the molecule is CCOC(=O)c1sc(NC(=O)/C=C\c2cccc(Oc3cc([N+](=O)[O-])cc([N+](=O)[O-])c3)c2)c(C(=O)OCC)c1C. The Morgan fingerprint density at radius 2 is 1.55 bits per heavy atom. The van der Waals surface area contributed by atoms with Gasteiger partial charge in [-0.15, -0.1) is 11.3 Å². The molecule has 0 saturated heterocycles. The molecule has 14 heteroatoms. The molecule has 1 heterocycles. The summed E-state index contributed by atoms with van der Waals surface area (Å²) in [4.78, 5) is 58.4. The molecule has 208 valence electrons. The smallest absolute Gasteiger partial charge is 0.348 e. The summed E-state index contributed by atoms with van der Waals surface area (Å²) in [5, 5.41) is 25.0. The third kappa shape index (κ3) is 7.26. The van der Waals surface area contributed by atoms with Gasteiger partial charge in [0.05, 0.1) is 46.8 Å². The molecular weight excluding hydrogens is 546 g/mol. The Hall–Kier alpha value is -5.11. The van der Waals surface area contributed by atoms with Crippen molar-refractivity contribution >= 4 is 51.6 Å². The summed E-state index contributed by atoms with van der Waals surface area (Å²) in [6, 6.07) is 9.19. The van der Waals surface area contributed by atoms with E-state index in [1.165, 1.54) is 24.3 Å². The van der Waals surface area contributed by atoms with Gasteiger partial charge in [-0.25, -0.2) is 9.59 Å². The molecule has 1 amide bonds. The van der Waals surface area contributed by atoms with Crippen molar-refractivity contribution in [1.29, 1.82) is 0 Å². The zero-order chi connectivity index (χ0) is 29.4. The van der Waals surface area contributed by atoms with E-state index < -0.39 is 39.1 Å². The maximum absolute atomic E-state index is 12.7. The lowest BCUT2D eigenvalue weighted by Gasteiger charge is -2.07. The number of nitro groups is 2. The fourth-order valence-corrected chi connectivity index (χ4v) is 4.51. The minimum absolute atomic E-state index is 0.0538. The molecule has 2 aromatic carbocycles. The van der Waals surface area contributed by atoms with E-state index in [0.717, 1.165) is 29.5 Å². The van der Waals surface area contributed by atoms with Crippen molar-refractivity contribution in [2.45, 2.75) is 20.8 Å². The van der Waals surface area contributed by atoms with Crippen LogP contribution in [0.2, 0.25) is 0 Å². The molecule has 0 fully saturated rings. The number of carbonyl (C=O) groups is 3. The van der Waals surface area contributed by atoms with Crippen LogP contribution in [0, 0.1) is 27.2 Å². The number of nitro benzene ring substituents is 2. The average molecular weight is 570 g/mol. The number of rotatable bonds is 11. The summed E-state index contributed by atoms with van der Waals surface area (Å²) in [6.07, 6.45) is 2.63. The van der Waals surface area contributed by atoms with Gasteiger partial charge in [-0.2, -0.15) is 0 Å². The van der Waals surface area contributed by atoms with Crippen LogP contribution < -0.4 is 10.1 Å². The van der Waals surface area contributed by atoms with E-state index in [2.05, 4.69) is 5.32 Å². The number of esters is 2. The summed E-state index contributed by atoms with van der Waals surface area (Å²) >= 11 is 0.891. The quantitative estimate of drug-likeness (QED) is 0.131. The Balaban J connectivity index is 1.81. The molecule has 0 radical (unpaired) electrons. The van der Waals surface area contributed by atoms with Gasteiger partial charge in [-0.3, -0.25) is 25.0 Å². The van der Waals surface area contributed by atoms with Gasteiger partial charge in [0.1, 0.15) is 21.4 Å². The first-order valence-corrected chi connectivity index (χ1v) is 12.5. The van der Waals surface area contributed by atoms with Gasteiger partial charge in [0.15, 0.2) is 0 Å². The Kier molecular flexibility index (Phi) is 9.65. The largest absolute Gasteiger partial charge is 0.462 e. The van der Waals surface area contributed by atoms with Gasteiger partial charge >= 0.3 is 11.9 Å². The molecular formula is C26H23N3O10S.